The average molecular weight is 337 g/mol. The van der Waals surface area contributed by atoms with Crippen molar-refractivity contribution in [2.75, 3.05) is 5.32 Å². The first-order valence-electron chi connectivity index (χ1n) is 8.87. The highest BCUT2D eigenvalue weighted by Gasteiger charge is 2.24. The van der Waals surface area contributed by atoms with Crippen LogP contribution in [0.25, 0.3) is 16.7 Å². The summed E-state index contributed by atoms with van der Waals surface area (Å²) >= 11 is 0. The van der Waals surface area contributed by atoms with E-state index in [1.54, 1.807) is 0 Å². The predicted octanol–water partition coefficient (Wildman–Crippen LogP) is 5.40. The third kappa shape index (κ3) is 2.40. The Kier molecular flexibility index (Phi) is 3.39. The van der Waals surface area contributed by atoms with E-state index in [1.807, 2.05) is 6.07 Å². The number of nitrogens with one attached hydrogen (secondary N) is 1. The zero-order valence-electron chi connectivity index (χ0n) is 14.6. The van der Waals surface area contributed by atoms with E-state index < -0.39 is 0 Å². The van der Waals surface area contributed by atoms with Gasteiger partial charge in [0.15, 0.2) is 0 Å². The molecule has 3 aromatic carbocycles. The van der Waals surface area contributed by atoms with Crippen molar-refractivity contribution in [3.05, 3.63) is 102 Å². The van der Waals surface area contributed by atoms with Gasteiger partial charge in [0.05, 0.1) is 17.1 Å². The highest BCUT2D eigenvalue weighted by Crippen LogP contribution is 2.36. The average Bonchev–Trinajstić information content (AvgIpc) is 3.07. The van der Waals surface area contributed by atoms with Crippen LogP contribution in [0.4, 0.5) is 5.95 Å². The zero-order valence-corrected chi connectivity index (χ0v) is 14.6. The molecule has 2 heterocycles. The summed E-state index contributed by atoms with van der Waals surface area (Å²) in [5.41, 5.74) is 6.94. The minimum atomic E-state index is 0.108. The van der Waals surface area contributed by atoms with Crippen molar-refractivity contribution in [1.29, 1.82) is 0 Å². The molecule has 1 aliphatic rings. The monoisotopic (exact) mass is 337 g/mol. The Bertz CT molecular complexity index is 1110. The van der Waals surface area contributed by atoms with Crippen LogP contribution in [0.15, 0.2) is 84.9 Å². The third-order valence-electron chi connectivity index (χ3n) is 4.95. The molecule has 3 nitrogen and oxygen atoms in total. The van der Waals surface area contributed by atoms with Crippen molar-refractivity contribution < 1.29 is 0 Å². The predicted molar refractivity (Wildman–Crippen MR) is 107 cm³/mol. The molecule has 0 saturated heterocycles. The van der Waals surface area contributed by atoms with Gasteiger partial charge in [-0.3, -0.25) is 4.57 Å². The lowest BCUT2D eigenvalue weighted by atomic mass is 10.0. The van der Waals surface area contributed by atoms with E-state index in [1.165, 1.54) is 16.7 Å². The van der Waals surface area contributed by atoms with E-state index >= 15 is 0 Å². The molecule has 1 unspecified atom stereocenters. The number of aromatic nitrogens is 2. The molecule has 0 amide bonds. The number of allylic oxidation sites excluding steroid dienone is 1. The molecule has 3 heteroatoms. The quantitative estimate of drug-likeness (QED) is 0.531. The SMILES string of the molecule is Cc1ccc(C2=CC(c3ccccc3)n3c(nc4ccccc43)N2)cc1. The first-order valence-corrected chi connectivity index (χ1v) is 8.87. The molecular formula is C23H19N3. The van der Waals surface area contributed by atoms with Crippen LogP contribution < -0.4 is 5.32 Å². The molecule has 1 aliphatic heterocycles. The Morgan fingerprint density at radius 1 is 0.846 bits per heavy atom. The first kappa shape index (κ1) is 15.0. The maximum atomic E-state index is 4.83. The van der Waals surface area contributed by atoms with Gasteiger partial charge in [-0.2, -0.15) is 0 Å². The molecular weight excluding hydrogens is 318 g/mol. The molecule has 1 aromatic heterocycles. The second kappa shape index (κ2) is 5.88. The molecule has 0 aliphatic carbocycles. The number of para-hydroxylation sites is 2. The van der Waals surface area contributed by atoms with E-state index in [0.29, 0.717) is 0 Å². The second-order valence-corrected chi connectivity index (χ2v) is 6.72. The standard InChI is InChI=1S/C23H19N3/c1-16-11-13-17(14-12-16)20-15-22(18-7-3-2-4-8-18)26-21-10-6-5-9-19(21)24-23(26)25-20/h2-15,22H,1H3,(H,24,25). The van der Waals surface area contributed by atoms with Crippen LogP contribution in [-0.2, 0) is 0 Å². The lowest BCUT2D eigenvalue weighted by Gasteiger charge is -2.26. The molecule has 126 valence electrons. The summed E-state index contributed by atoms with van der Waals surface area (Å²) in [6.45, 7) is 2.11. The molecule has 1 atom stereocenters. The van der Waals surface area contributed by atoms with Crippen LogP contribution in [0.3, 0.4) is 0 Å². The number of hydrogen-bond acceptors (Lipinski definition) is 2. The summed E-state index contributed by atoms with van der Waals surface area (Å²) in [5.74, 6) is 0.887. The number of hydrogen-bond donors (Lipinski definition) is 1. The molecule has 1 N–H and O–H groups in total. The number of rotatable bonds is 2. The fourth-order valence-corrected chi connectivity index (χ4v) is 3.61. The fraction of sp³-hybridized carbons (Fsp3) is 0.0870. The summed E-state index contributed by atoms with van der Waals surface area (Å²) in [5, 5.41) is 3.53. The number of nitrogens with zero attached hydrogens (tertiary/aromatic N) is 2. The topological polar surface area (TPSA) is 29.9 Å². The Morgan fingerprint density at radius 2 is 1.58 bits per heavy atom. The highest BCUT2D eigenvalue weighted by molar-refractivity contribution is 5.85. The number of fused-ring (bicyclic) bond motifs is 3. The number of imidazole rings is 1. The molecule has 0 fully saturated rings. The minimum absolute atomic E-state index is 0.108. The maximum absolute atomic E-state index is 4.83. The van der Waals surface area contributed by atoms with Crippen LogP contribution in [0.2, 0.25) is 0 Å². The Labute approximate surface area is 152 Å². The Hall–Kier alpha value is -3.33. The number of benzene rings is 3. The van der Waals surface area contributed by atoms with Gasteiger partial charge in [-0.05, 0) is 36.3 Å². The van der Waals surface area contributed by atoms with Crippen molar-refractivity contribution in [2.24, 2.45) is 0 Å². The smallest absolute Gasteiger partial charge is 0.209 e. The van der Waals surface area contributed by atoms with Crippen molar-refractivity contribution in [2.45, 2.75) is 13.0 Å². The van der Waals surface area contributed by atoms with Gasteiger partial charge in [-0.25, -0.2) is 4.98 Å². The fourth-order valence-electron chi connectivity index (χ4n) is 3.61. The molecule has 0 radical (unpaired) electrons. The van der Waals surface area contributed by atoms with E-state index in [2.05, 4.69) is 95.7 Å². The van der Waals surface area contributed by atoms with Gasteiger partial charge < -0.3 is 5.32 Å². The zero-order chi connectivity index (χ0) is 17.5. The molecule has 5 rings (SSSR count). The van der Waals surface area contributed by atoms with E-state index in [-0.39, 0.29) is 6.04 Å². The number of anilines is 1. The molecule has 0 spiro atoms. The van der Waals surface area contributed by atoms with Gasteiger partial charge in [0.2, 0.25) is 5.95 Å². The summed E-state index contributed by atoms with van der Waals surface area (Å²) < 4.78 is 2.28. The molecule has 0 bridgehead atoms. The normalized spacial score (nSPS) is 16.0. The summed E-state index contributed by atoms with van der Waals surface area (Å²) in [6.07, 6.45) is 2.29. The number of aryl methyl sites for hydroxylation is 1. The van der Waals surface area contributed by atoms with Gasteiger partial charge in [-0.15, -0.1) is 0 Å². The molecule has 0 saturated carbocycles. The second-order valence-electron chi connectivity index (χ2n) is 6.72. The minimum Gasteiger partial charge on any atom is -0.325 e. The third-order valence-corrected chi connectivity index (χ3v) is 4.95. The van der Waals surface area contributed by atoms with Crippen LogP contribution in [0.1, 0.15) is 22.7 Å². The van der Waals surface area contributed by atoms with Crippen molar-refractivity contribution in [3.8, 4) is 0 Å². The maximum Gasteiger partial charge on any atom is 0.209 e. The summed E-state index contributed by atoms with van der Waals surface area (Å²) in [7, 11) is 0. The van der Waals surface area contributed by atoms with Crippen LogP contribution in [-0.4, -0.2) is 9.55 Å². The van der Waals surface area contributed by atoms with Gasteiger partial charge in [-0.1, -0.05) is 72.3 Å². The highest BCUT2D eigenvalue weighted by atomic mass is 15.2. The molecule has 26 heavy (non-hydrogen) atoms. The van der Waals surface area contributed by atoms with Crippen LogP contribution in [0.5, 0.6) is 0 Å². The van der Waals surface area contributed by atoms with Crippen molar-refractivity contribution in [3.63, 3.8) is 0 Å². The first-order chi connectivity index (χ1) is 12.8. The molecule has 4 aromatic rings. The summed E-state index contributed by atoms with van der Waals surface area (Å²) in [4.78, 5) is 4.83. The summed E-state index contributed by atoms with van der Waals surface area (Å²) in [6, 6.07) is 27.6. The van der Waals surface area contributed by atoms with Crippen molar-refractivity contribution in [1.82, 2.24) is 9.55 Å². The van der Waals surface area contributed by atoms with E-state index in [9.17, 15) is 0 Å². The van der Waals surface area contributed by atoms with Crippen molar-refractivity contribution >= 4 is 22.7 Å². The van der Waals surface area contributed by atoms with Crippen LogP contribution >= 0.6 is 0 Å². The lowest BCUT2D eigenvalue weighted by molar-refractivity contribution is 0.720. The Morgan fingerprint density at radius 3 is 2.38 bits per heavy atom. The van der Waals surface area contributed by atoms with E-state index in [0.717, 1.165) is 22.7 Å². The lowest BCUT2D eigenvalue weighted by Crippen LogP contribution is -2.19. The van der Waals surface area contributed by atoms with E-state index in [4.69, 9.17) is 4.98 Å². The Balaban J connectivity index is 1.72. The largest absolute Gasteiger partial charge is 0.325 e. The van der Waals surface area contributed by atoms with Gasteiger partial charge in [0.25, 0.3) is 0 Å². The van der Waals surface area contributed by atoms with Gasteiger partial charge in [0, 0.05) is 5.70 Å². The van der Waals surface area contributed by atoms with Gasteiger partial charge in [0.1, 0.15) is 0 Å². The van der Waals surface area contributed by atoms with Gasteiger partial charge >= 0.3 is 0 Å². The van der Waals surface area contributed by atoms with Crippen LogP contribution in [0, 0.1) is 6.92 Å².